The number of aryl methyl sites for hydroxylation is 1. The lowest BCUT2D eigenvalue weighted by Gasteiger charge is -2.32. The molecule has 2 heterocycles. The monoisotopic (exact) mass is 341 g/mol. The van der Waals surface area contributed by atoms with E-state index in [2.05, 4.69) is 15.2 Å². The SMILES string of the molecule is Cc1ccc(N2CCC(C(=O)NCc3cccc(O)c3O)CC2)nc1. The molecule has 1 fully saturated rings. The second-order valence-corrected chi connectivity index (χ2v) is 6.46. The van der Waals surface area contributed by atoms with Crippen LogP contribution in [-0.4, -0.2) is 34.2 Å². The maximum atomic E-state index is 12.4. The lowest BCUT2D eigenvalue weighted by Crippen LogP contribution is -2.40. The van der Waals surface area contributed by atoms with Crippen molar-refractivity contribution in [2.75, 3.05) is 18.0 Å². The smallest absolute Gasteiger partial charge is 0.223 e. The maximum Gasteiger partial charge on any atom is 0.223 e. The first-order chi connectivity index (χ1) is 12.0. The first-order valence-electron chi connectivity index (χ1n) is 8.49. The molecule has 1 aromatic carbocycles. The molecule has 132 valence electrons. The number of pyridine rings is 1. The van der Waals surface area contributed by atoms with Crippen LogP contribution in [0.2, 0.25) is 0 Å². The molecule has 1 amide bonds. The summed E-state index contributed by atoms with van der Waals surface area (Å²) in [4.78, 5) is 19.0. The number of amides is 1. The van der Waals surface area contributed by atoms with E-state index in [1.807, 2.05) is 25.3 Å². The Balaban J connectivity index is 1.51. The van der Waals surface area contributed by atoms with Crippen molar-refractivity contribution < 1.29 is 15.0 Å². The Morgan fingerprint density at radius 1 is 1.24 bits per heavy atom. The fourth-order valence-corrected chi connectivity index (χ4v) is 3.06. The van der Waals surface area contributed by atoms with E-state index in [0.717, 1.165) is 37.3 Å². The van der Waals surface area contributed by atoms with Gasteiger partial charge in [-0.05, 0) is 37.5 Å². The van der Waals surface area contributed by atoms with E-state index >= 15 is 0 Å². The Labute approximate surface area is 147 Å². The molecule has 0 bridgehead atoms. The molecule has 1 aromatic heterocycles. The number of phenols is 2. The molecule has 3 rings (SSSR count). The number of anilines is 1. The van der Waals surface area contributed by atoms with Gasteiger partial charge in [0, 0.05) is 37.3 Å². The fraction of sp³-hybridized carbons (Fsp3) is 0.368. The quantitative estimate of drug-likeness (QED) is 0.743. The summed E-state index contributed by atoms with van der Waals surface area (Å²) >= 11 is 0. The average molecular weight is 341 g/mol. The van der Waals surface area contributed by atoms with Crippen LogP contribution in [0.5, 0.6) is 11.5 Å². The van der Waals surface area contributed by atoms with E-state index in [0.29, 0.717) is 5.56 Å². The summed E-state index contributed by atoms with van der Waals surface area (Å²) in [6.07, 6.45) is 3.40. The molecule has 0 atom stereocenters. The number of carbonyl (C=O) groups excluding carboxylic acids is 1. The molecular weight excluding hydrogens is 318 g/mol. The number of aromatic nitrogens is 1. The van der Waals surface area contributed by atoms with Crippen molar-refractivity contribution in [2.24, 2.45) is 5.92 Å². The maximum absolute atomic E-state index is 12.4. The molecule has 6 nitrogen and oxygen atoms in total. The first kappa shape index (κ1) is 17.1. The molecule has 25 heavy (non-hydrogen) atoms. The second kappa shape index (κ2) is 7.42. The van der Waals surface area contributed by atoms with Gasteiger partial charge >= 0.3 is 0 Å². The Morgan fingerprint density at radius 3 is 2.68 bits per heavy atom. The van der Waals surface area contributed by atoms with E-state index < -0.39 is 0 Å². The van der Waals surface area contributed by atoms with E-state index in [4.69, 9.17) is 0 Å². The van der Waals surface area contributed by atoms with Gasteiger partial charge in [0.2, 0.25) is 5.91 Å². The summed E-state index contributed by atoms with van der Waals surface area (Å²) in [5, 5.41) is 22.1. The fourth-order valence-electron chi connectivity index (χ4n) is 3.06. The van der Waals surface area contributed by atoms with E-state index in [1.54, 1.807) is 12.1 Å². The third kappa shape index (κ3) is 4.02. The van der Waals surface area contributed by atoms with Gasteiger partial charge < -0.3 is 20.4 Å². The second-order valence-electron chi connectivity index (χ2n) is 6.46. The van der Waals surface area contributed by atoms with Crippen molar-refractivity contribution in [1.82, 2.24) is 10.3 Å². The van der Waals surface area contributed by atoms with Gasteiger partial charge in [0.15, 0.2) is 11.5 Å². The lowest BCUT2D eigenvalue weighted by atomic mass is 9.95. The Kier molecular flexibility index (Phi) is 5.07. The van der Waals surface area contributed by atoms with Gasteiger partial charge in [0.25, 0.3) is 0 Å². The number of rotatable bonds is 4. The van der Waals surface area contributed by atoms with Crippen molar-refractivity contribution >= 4 is 11.7 Å². The van der Waals surface area contributed by atoms with Crippen LogP contribution in [0, 0.1) is 12.8 Å². The molecule has 0 aliphatic carbocycles. The molecule has 2 aromatic rings. The van der Waals surface area contributed by atoms with Crippen LogP contribution >= 0.6 is 0 Å². The van der Waals surface area contributed by atoms with E-state index in [1.165, 1.54) is 6.07 Å². The van der Waals surface area contributed by atoms with Crippen LogP contribution in [0.4, 0.5) is 5.82 Å². The van der Waals surface area contributed by atoms with Crippen LogP contribution in [0.15, 0.2) is 36.5 Å². The number of nitrogens with zero attached hydrogens (tertiary/aromatic N) is 2. The lowest BCUT2D eigenvalue weighted by molar-refractivity contribution is -0.125. The normalized spacial score (nSPS) is 15.2. The number of para-hydroxylation sites is 1. The van der Waals surface area contributed by atoms with Gasteiger partial charge in [-0.1, -0.05) is 18.2 Å². The molecule has 0 unspecified atom stereocenters. The van der Waals surface area contributed by atoms with Gasteiger partial charge in [-0.15, -0.1) is 0 Å². The summed E-state index contributed by atoms with van der Waals surface area (Å²) in [6.45, 7) is 3.81. The standard InChI is InChI=1S/C19H23N3O3/c1-13-5-6-17(20-11-13)22-9-7-14(8-10-22)19(25)21-12-15-3-2-4-16(23)18(15)24/h2-6,11,14,23-24H,7-10,12H2,1H3,(H,21,25). The summed E-state index contributed by atoms with van der Waals surface area (Å²) in [6, 6.07) is 8.79. The summed E-state index contributed by atoms with van der Waals surface area (Å²) in [7, 11) is 0. The van der Waals surface area contributed by atoms with Crippen LogP contribution < -0.4 is 10.2 Å². The molecule has 1 saturated heterocycles. The van der Waals surface area contributed by atoms with Crippen LogP contribution in [-0.2, 0) is 11.3 Å². The number of benzene rings is 1. The Hall–Kier alpha value is -2.76. The zero-order valence-corrected chi connectivity index (χ0v) is 14.3. The Bertz CT molecular complexity index is 738. The van der Waals surface area contributed by atoms with Gasteiger partial charge in [-0.2, -0.15) is 0 Å². The molecule has 3 N–H and O–H groups in total. The van der Waals surface area contributed by atoms with Gasteiger partial charge in [0.05, 0.1) is 0 Å². The number of nitrogens with one attached hydrogen (secondary N) is 1. The van der Waals surface area contributed by atoms with E-state index in [9.17, 15) is 15.0 Å². The van der Waals surface area contributed by atoms with Crippen molar-refractivity contribution in [3.05, 3.63) is 47.7 Å². The first-order valence-corrected chi connectivity index (χ1v) is 8.49. The summed E-state index contributed by atoms with van der Waals surface area (Å²) < 4.78 is 0. The van der Waals surface area contributed by atoms with Crippen molar-refractivity contribution in [3.63, 3.8) is 0 Å². The molecule has 0 saturated carbocycles. The molecule has 0 radical (unpaired) electrons. The van der Waals surface area contributed by atoms with E-state index in [-0.39, 0.29) is 29.9 Å². The third-order valence-electron chi connectivity index (χ3n) is 4.64. The van der Waals surface area contributed by atoms with Crippen LogP contribution in [0.1, 0.15) is 24.0 Å². The molecule has 0 spiro atoms. The molecular formula is C19H23N3O3. The minimum absolute atomic E-state index is 0.0146. The predicted molar refractivity (Wildman–Crippen MR) is 95.5 cm³/mol. The topological polar surface area (TPSA) is 85.7 Å². The highest BCUT2D eigenvalue weighted by molar-refractivity contribution is 5.79. The molecule has 1 aliphatic heterocycles. The third-order valence-corrected chi connectivity index (χ3v) is 4.64. The highest BCUT2D eigenvalue weighted by Crippen LogP contribution is 2.28. The number of piperidine rings is 1. The zero-order valence-electron chi connectivity index (χ0n) is 14.3. The van der Waals surface area contributed by atoms with Gasteiger partial charge in [-0.25, -0.2) is 4.98 Å². The molecule has 1 aliphatic rings. The van der Waals surface area contributed by atoms with Crippen molar-refractivity contribution in [2.45, 2.75) is 26.3 Å². The Morgan fingerprint density at radius 2 is 2.00 bits per heavy atom. The largest absolute Gasteiger partial charge is 0.504 e. The highest BCUT2D eigenvalue weighted by atomic mass is 16.3. The zero-order chi connectivity index (χ0) is 17.8. The number of hydrogen-bond acceptors (Lipinski definition) is 5. The van der Waals surface area contributed by atoms with Gasteiger partial charge in [-0.3, -0.25) is 4.79 Å². The number of phenolic OH excluding ortho intramolecular Hbond substituents is 2. The van der Waals surface area contributed by atoms with Crippen LogP contribution in [0.25, 0.3) is 0 Å². The highest BCUT2D eigenvalue weighted by Gasteiger charge is 2.25. The summed E-state index contributed by atoms with van der Waals surface area (Å²) in [5.41, 5.74) is 1.64. The van der Waals surface area contributed by atoms with Gasteiger partial charge in [0.1, 0.15) is 5.82 Å². The van der Waals surface area contributed by atoms with Crippen LogP contribution in [0.3, 0.4) is 0 Å². The summed E-state index contributed by atoms with van der Waals surface area (Å²) in [5.74, 6) is 0.545. The number of carbonyl (C=O) groups is 1. The predicted octanol–water partition coefficient (Wildman–Crippen LogP) is 2.33. The minimum Gasteiger partial charge on any atom is -0.504 e. The minimum atomic E-state index is -0.178. The number of hydrogen-bond donors (Lipinski definition) is 3. The molecule has 6 heteroatoms. The average Bonchev–Trinajstić information content (AvgIpc) is 2.63. The van der Waals surface area contributed by atoms with Crippen molar-refractivity contribution in [3.8, 4) is 11.5 Å². The van der Waals surface area contributed by atoms with Crippen molar-refractivity contribution in [1.29, 1.82) is 0 Å². The number of aromatic hydroxyl groups is 2.